The van der Waals surface area contributed by atoms with E-state index in [4.69, 9.17) is 4.74 Å². The van der Waals surface area contributed by atoms with Crippen molar-refractivity contribution in [3.8, 4) is 0 Å². The number of hydrogen-bond acceptors (Lipinski definition) is 3. The molecule has 74 valence electrons. The number of carbonyl (C=O) groups excluding carboxylic acids is 1. The zero-order valence-corrected chi connectivity index (χ0v) is 7.98. The number of Topliss-reactive ketones (excluding diaryl/α,β-unsaturated/α-hetero) is 1. The molecule has 1 unspecified atom stereocenters. The topological polar surface area (TPSA) is 39.2 Å². The Balaban J connectivity index is 1.94. The first-order chi connectivity index (χ1) is 6.86. The molecule has 0 aliphatic carbocycles. The molecule has 1 aliphatic heterocycles. The molecule has 2 rings (SSSR count). The maximum atomic E-state index is 11.7. The van der Waals surface area contributed by atoms with Crippen molar-refractivity contribution in [2.24, 2.45) is 0 Å². The summed E-state index contributed by atoms with van der Waals surface area (Å²) in [6.07, 6.45) is 5.60. The van der Waals surface area contributed by atoms with E-state index in [-0.39, 0.29) is 11.9 Å². The number of pyridine rings is 1. The average Bonchev–Trinajstić information content (AvgIpc) is 2.72. The van der Waals surface area contributed by atoms with Crippen molar-refractivity contribution in [1.29, 1.82) is 0 Å². The highest BCUT2D eigenvalue weighted by molar-refractivity contribution is 5.85. The molecule has 0 saturated carbocycles. The number of hydrogen-bond donors (Lipinski definition) is 0. The van der Waals surface area contributed by atoms with Gasteiger partial charge in [-0.2, -0.15) is 0 Å². The Bertz CT molecular complexity index is 304. The summed E-state index contributed by atoms with van der Waals surface area (Å²) in [5, 5.41) is 0. The van der Waals surface area contributed by atoms with Crippen LogP contribution in [0.1, 0.15) is 18.4 Å². The highest BCUT2D eigenvalue weighted by Gasteiger charge is 2.23. The van der Waals surface area contributed by atoms with E-state index >= 15 is 0 Å². The van der Waals surface area contributed by atoms with Crippen LogP contribution in [0.5, 0.6) is 0 Å². The van der Waals surface area contributed by atoms with Gasteiger partial charge in [0, 0.05) is 25.4 Å². The first-order valence-corrected chi connectivity index (χ1v) is 4.89. The summed E-state index contributed by atoms with van der Waals surface area (Å²) in [4.78, 5) is 15.6. The third-order valence-corrected chi connectivity index (χ3v) is 2.42. The van der Waals surface area contributed by atoms with E-state index in [1.54, 1.807) is 12.4 Å². The van der Waals surface area contributed by atoms with E-state index in [2.05, 4.69) is 4.98 Å². The van der Waals surface area contributed by atoms with Gasteiger partial charge in [-0.15, -0.1) is 0 Å². The molecule has 0 N–H and O–H groups in total. The molecule has 1 aromatic heterocycles. The van der Waals surface area contributed by atoms with Crippen molar-refractivity contribution in [3.63, 3.8) is 0 Å². The lowest BCUT2D eigenvalue weighted by Crippen LogP contribution is -2.21. The molecule has 0 aromatic carbocycles. The quantitative estimate of drug-likeness (QED) is 0.724. The fourth-order valence-electron chi connectivity index (χ4n) is 1.65. The van der Waals surface area contributed by atoms with Gasteiger partial charge in [-0.25, -0.2) is 0 Å². The Morgan fingerprint density at radius 3 is 2.93 bits per heavy atom. The Labute approximate surface area is 83.1 Å². The average molecular weight is 191 g/mol. The predicted octanol–water partition coefficient (Wildman–Crippen LogP) is 1.37. The zero-order chi connectivity index (χ0) is 9.80. The molecule has 0 amide bonds. The monoisotopic (exact) mass is 191 g/mol. The lowest BCUT2D eigenvalue weighted by atomic mass is 10.1. The van der Waals surface area contributed by atoms with Crippen LogP contribution in [-0.4, -0.2) is 23.5 Å². The zero-order valence-electron chi connectivity index (χ0n) is 7.98. The van der Waals surface area contributed by atoms with Crippen LogP contribution in [0.2, 0.25) is 0 Å². The number of nitrogens with zero attached hydrogens (tertiary/aromatic N) is 1. The van der Waals surface area contributed by atoms with Gasteiger partial charge < -0.3 is 4.74 Å². The van der Waals surface area contributed by atoms with Crippen molar-refractivity contribution in [1.82, 2.24) is 4.98 Å². The number of aromatic nitrogens is 1. The smallest absolute Gasteiger partial charge is 0.165 e. The molecule has 1 aromatic rings. The van der Waals surface area contributed by atoms with Crippen LogP contribution in [0.25, 0.3) is 0 Å². The van der Waals surface area contributed by atoms with Crippen molar-refractivity contribution >= 4 is 5.78 Å². The molecular weight excluding hydrogens is 178 g/mol. The highest BCUT2D eigenvalue weighted by atomic mass is 16.5. The summed E-state index contributed by atoms with van der Waals surface area (Å²) in [5.41, 5.74) is 1.01. The molecule has 3 nitrogen and oxygen atoms in total. The SMILES string of the molecule is O=C(Cc1ccncc1)C1CCCO1. The number of ether oxygens (including phenoxy) is 1. The number of rotatable bonds is 3. The lowest BCUT2D eigenvalue weighted by molar-refractivity contribution is -0.127. The van der Waals surface area contributed by atoms with E-state index in [0.717, 1.165) is 25.0 Å². The summed E-state index contributed by atoms with van der Waals surface area (Å²) in [6, 6.07) is 3.74. The van der Waals surface area contributed by atoms with E-state index in [1.165, 1.54) is 0 Å². The van der Waals surface area contributed by atoms with E-state index in [9.17, 15) is 4.79 Å². The summed E-state index contributed by atoms with van der Waals surface area (Å²) in [5.74, 6) is 0.189. The van der Waals surface area contributed by atoms with Crippen LogP contribution < -0.4 is 0 Å². The molecule has 0 spiro atoms. The van der Waals surface area contributed by atoms with Gasteiger partial charge in [0.2, 0.25) is 0 Å². The van der Waals surface area contributed by atoms with Crippen LogP contribution in [0.15, 0.2) is 24.5 Å². The molecule has 3 heteroatoms. The maximum absolute atomic E-state index is 11.7. The van der Waals surface area contributed by atoms with Crippen LogP contribution >= 0.6 is 0 Å². The third-order valence-electron chi connectivity index (χ3n) is 2.42. The van der Waals surface area contributed by atoms with Crippen LogP contribution in [0, 0.1) is 0 Å². The first-order valence-electron chi connectivity index (χ1n) is 4.89. The summed E-state index contributed by atoms with van der Waals surface area (Å²) >= 11 is 0. The second-order valence-corrected chi connectivity index (χ2v) is 3.50. The van der Waals surface area contributed by atoms with Crippen molar-refractivity contribution in [2.75, 3.05) is 6.61 Å². The van der Waals surface area contributed by atoms with E-state index in [0.29, 0.717) is 6.42 Å². The third kappa shape index (κ3) is 2.17. The van der Waals surface area contributed by atoms with Gasteiger partial charge in [-0.1, -0.05) is 0 Å². The number of ketones is 1. The normalized spacial score (nSPS) is 21.0. The number of carbonyl (C=O) groups is 1. The fourth-order valence-corrected chi connectivity index (χ4v) is 1.65. The lowest BCUT2D eigenvalue weighted by Gasteiger charge is -2.07. The van der Waals surface area contributed by atoms with Gasteiger partial charge in [0.05, 0.1) is 0 Å². The Morgan fingerprint density at radius 1 is 1.50 bits per heavy atom. The van der Waals surface area contributed by atoms with Gasteiger partial charge in [-0.3, -0.25) is 9.78 Å². The summed E-state index contributed by atoms with van der Waals surface area (Å²) in [6.45, 7) is 0.729. The molecule has 1 fully saturated rings. The highest BCUT2D eigenvalue weighted by Crippen LogP contribution is 2.14. The van der Waals surface area contributed by atoms with Crippen molar-refractivity contribution < 1.29 is 9.53 Å². The minimum atomic E-state index is -0.164. The molecule has 14 heavy (non-hydrogen) atoms. The summed E-state index contributed by atoms with van der Waals surface area (Å²) < 4.78 is 5.32. The molecular formula is C11H13NO2. The van der Waals surface area contributed by atoms with E-state index < -0.39 is 0 Å². The van der Waals surface area contributed by atoms with Gasteiger partial charge in [0.15, 0.2) is 5.78 Å². The van der Waals surface area contributed by atoms with Crippen molar-refractivity contribution in [3.05, 3.63) is 30.1 Å². The minimum absolute atomic E-state index is 0.164. The Hall–Kier alpha value is -1.22. The van der Waals surface area contributed by atoms with Gasteiger partial charge in [-0.05, 0) is 30.5 Å². The van der Waals surface area contributed by atoms with Gasteiger partial charge in [0.1, 0.15) is 6.10 Å². The molecule has 0 radical (unpaired) electrons. The standard InChI is InChI=1S/C11H13NO2/c13-10(11-2-1-7-14-11)8-9-3-5-12-6-4-9/h3-6,11H,1-2,7-8H2. The first kappa shape index (κ1) is 9.34. The molecule has 1 saturated heterocycles. The predicted molar refractivity (Wildman–Crippen MR) is 51.9 cm³/mol. The fraction of sp³-hybridized carbons (Fsp3) is 0.455. The Morgan fingerprint density at radius 2 is 2.29 bits per heavy atom. The molecule has 1 atom stereocenters. The van der Waals surface area contributed by atoms with Crippen molar-refractivity contribution in [2.45, 2.75) is 25.4 Å². The second kappa shape index (κ2) is 4.33. The largest absolute Gasteiger partial charge is 0.370 e. The van der Waals surface area contributed by atoms with Crippen LogP contribution in [0.3, 0.4) is 0 Å². The van der Waals surface area contributed by atoms with Gasteiger partial charge >= 0.3 is 0 Å². The maximum Gasteiger partial charge on any atom is 0.165 e. The van der Waals surface area contributed by atoms with E-state index in [1.807, 2.05) is 12.1 Å². The second-order valence-electron chi connectivity index (χ2n) is 3.50. The van der Waals surface area contributed by atoms with Crippen LogP contribution in [0.4, 0.5) is 0 Å². The minimum Gasteiger partial charge on any atom is -0.370 e. The summed E-state index contributed by atoms with van der Waals surface area (Å²) in [7, 11) is 0. The van der Waals surface area contributed by atoms with Gasteiger partial charge in [0.25, 0.3) is 0 Å². The molecule has 0 bridgehead atoms. The Kier molecular flexibility index (Phi) is 2.89. The van der Waals surface area contributed by atoms with Crippen LogP contribution in [-0.2, 0) is 16.0 Å². The molecule has 2 heterocycles. The molecule has 1 aliphatic rings.